The minimum atomic E-state index is -0.350. The zero-order chi connectivity index (χ0) is 15.5. The number of ether oxygens (including phenoxy) is 1. The molecular formula is C19H18O3. The largest absolute Gasteiger partial charge is 0.462 e. The molecule has 0 saturated heterocycles. The molecule has 1 aliphatic carbocycles. The Balaban J connectivity index is 1.93. The van der Waals surface area contributed by atoms with Crippen molar-refractivity contribution in [3.05, 3.63) is 59.2 Å². The molecule has 0 radical (unpaired) electrons. The van der Waals surface area contributed by atoms with Crippen LogP contribution in [-0.2, 0) is 4.74 Å². The van der Waals surface area contributed by atoms with Gasteiger partial charge in [-0.1, -0.05) is 56.2 Å². The van der Waals surface area contributed by atoms with Gasteiger partial charge in [0.1, 0.15) is 0 Å². The minimum absolute atomic E-state index is 0.0220. The second kappa shape index (κ2) is 6.14. The van der Waals surface area contributed by atoms with Gasteiger partial charge >= 0.3 is 5.97 Å². The fourth-order valence-corrected chi connectivity index (χ4v) is 2.84. The van der Waals surface area contributed by atoms with E-state index in [1.165, 1.54) is 0 Å². The first-order valence-corrected chi connectivity index (χ1v) is 7.68. The van der Waals surface area contributed by atoms with Gasteiger partial charge in [0.2, 0.25) is 0 Å². The SMILES string of the molecule is CCCCCOC(=O)c1cccc2c1-c1ccccc1C2=O. The van der Waals surface area contributed by atoms with Crippen LogP contribution in [0.15, 0.2) is 42.5 Å². The third kappa shape index (κ3) is 2.43. The molecule has 0 bridgehead atoms. The van der Waals surface area contributed by atoms with Crippen LogP contribution in [0.2, 0.25) is 0 Å². The number of benzene rings is 2. The summed E-state index contributed by atoms with van der Waals surface area (Å²) in [5.74, 6) is -0.372. The van der Waals surface area contributed by atoms with Crippen molar-refractivity contribution in [1.29, 1.82) is 0 Å². The lowest BCUT2D eigenvalue weighted by Gasteiger charge is -2.09. The fourth-order valence-electron chi connectivity index (χ4n) is 2.84. The average molecular weight is 294 g/mol. The highest BCUT2D eigenvalue weighted by Gasteiger charge is 2.30. The predicted molar refractivity (Wildman–Crippen MR) is 85.1 cm³/mol. The van der Waals surface area contributed by atoms with Crippen LogP contribution in [0.4, 0.5) is 0 Å². The van der Waals surface area contributed by atoms with Crippen molar-refractivity contribution >= 4 is 11.8 Å². The van der Waals surface area contributed by atoms with Gasteiger partial charge in [0.05, 0.1) is 12.2 Å². The van der Waals surface area contributed by atoms with Crippen LogP contribution in [0.25, 0.3) is 11.1 Å². The van der Waals surface area contributed by atoms with Crippen LogP contribution in [0.5, 0.6) is 0 Å². The predicted octanol–water partition coefficient (Wildman–Crippen LogP) is 4.25. The number of unbranched alkanes of at least 4 members (excludes halogenated alkanes) is 2. The summed E-state index contributed by atoms with van der Waals surface area (Å²) in [6.45, 7) is 2.53. The molecule has 0 heterocycles. The van der Waals surface area contributed by atoms with Crippen molar-refractivity contribution in [2.45, 2.75) is 26.2 Å². The van der Waals surface area contributed by atoms with Crippen LogP contribution in [0.1, 0.15) is 52.5 Å². The molecule has 0 fully saturated rings. The van der Waals surface area contributed by atoms with E-state index in [2.05, 4.69) is 6.92 Å². The first-order valence-electron chi connectivity index (χ1n) is 7.68. The number of rotatable bonds is 5. The van der Waals surface area contributed by atoms with Crippen molar-refractivity contribution in [2.75, 3.05) is 6.61 Å². The third-order valence-electron chi connectivity index (χ3n) is 3.95. The highest BCUT2D eigenvalue weighted by Crippen LogP contribution is 2.38. The number of ketones is 1. The lowest BCUT2D eigenvalue weighted by atomic mass is 9.99. The molecule has 0 aliphatic heterocycles. The van der Waals surface area contributed by atoms with E-state index >= 15 is 0 Å². The summed E-state index contributed by atoms with van der Waals surface area (Å²) in [7, 11) is 0. The van der Waals surface area contributed by atoms with E-state index in [1.807, 2.05) is 18.2 Å². The second-order valence-electron chi connectivity index (χ2n) is 5.45. The molecule has 0 atom stereocenters. The van der Waals surface area contributed by atoms with Crippen molar-refractivity contribution < 1.29 is 14.3 Å². The molecule has 112 valence electrons. The molecule has 0 aromatic heterocycles. The van der Waals surface area contributed by atoms with Gasteiger partial charge in [-0.2, -0.15) is 0 Å². The van der Waals surface area contributed by atoms with E-state index in [0.29, 0.717) is 28.9 Å². The second-order valence-corrected chi connectivity index (χ2v) is 5.45. The smallest absolute Gasteiger partial charge is 0.338 e. The van der Waals surface area contributed by atoms with Crippen LogP contribution in [-0.4, -0.2) is 18.4 Å². The first-order chi connectivity index (χ1) is 10.7. The molecule has 3 heteroatoms. The normalized spacial score (nSPS) is 12.0. The number of hydrogen-bond donors (Lipinski definition) is 0. The number of hydrogen-bond acceptors (Lipinski definition) is 3. The number of carbonyl (C=O) groups is 2. The van der Waals surface area contributed by atoms with Gasteiger partial charge in [-0.05, 0) is 18.1 Å². The topological polar surface area (TPSA) is 43.4 Å². The molecule has 22 heavy (non-hydrogen) atoms. The Bertz CT molecular complexity index is 731. The molecule has 0 saturated carbocycles. The number of fused-ring (bicyclic) bond motifs is 3. The maximum atomic E-state index is 12.4. The first kappa shape index (κ1) is 14.5. The van der Waals surface area contributed by atoms with E-state index in [-0.39, 0.29) is 11.8 Å². The summed E-state index contributed by atoms with van der Waals surface area (Å²) < 4.78 is 5.36. The molecule has 3 nitrogen and oxygen atoms in total. The van der Waals surface area contributed by atoms with E-state index in [9.17, 15) is 9.59 Å². The lowest BCUT2D eigenvalue weighted by Crippen LogP contribution is -2.08. The summed E-state index contributed by atoms with van der Waals surface area (Å²) in [6.07, 6.45) is 2.99. The van der Waals surface area contributed by atoms with Crippen LogP contribution in [0.3, 0.4) is 0 Å². The Morgan fingerprint density at radius 1 is 0.955 bits per heavy atom. The summed E-state index contributed by atoms with van der Waals surface area (Å²) in [4.78, 5) is 24.8. The fraction of sp³-hybridized carbons (Fsp3) is 0.263. The van der Waals surface area contributed by atoms with E-state index in [0.717, 1.165) is 24.8 Å². The Morgan fingerprint density at radius 2 is 1.68 bits per heavy atom. The van der Waals surface area contributed by atoms with Crippen LogP contribution in [0, 0.1) is 0 Å². The summed E-state index contributed by atoms with van der Waals surface area (Å²) in [5, 5.41) is 0. The average Bonchev–Trinajstić information content (AvgIpc) is 2.85. The minimum Gasteiger partial charge on any atom is -0.462 e. The molecular weight excluding hydrogens is 276 g/mol. The molecule has 0 amide bonds. The Morgan fingerprint density at radius 3 is 2.45 bits per heavy atom. The standard InChI is InChI=1S/C19H18O3/c1-2-3-6-12-22-19(21)16-11-7-10-15-17(16)13-8-4-5-9-14(13)18(15)20/h4-5,7-11H,2-3,6,12H2,1H3. The maximum absolute atomic E-state index is 12.4. The maximum Gasteiger partial charge on any atom is 0.338 e. The Labute approximate surface area is 129 Å². The third-order valence-corrected chi connectivity index (χ3v) is 3.95. The molecule has 3 rings (SSSR count). The van der Waals surface area contributed by atoms with Gasteiger partial charge in [0.25, 0.3) is 0 Å². The van der Waals surface area contributed by atoms with Gasteiger partial charge in [-0.25, -0.2) is 4.79 Å². The van der Waals surface area contributed by atoms with Crippen molar-refractivity contribution in [3.8, 4) is 11.1 Å². The van der Waals surface area contributed by atoms with E-state index in [4.69, 9.17) is 4.74 Å². The number of esters is 1. The Hall–Kier alpha value is -2.42. The zero-order valence-electron chi connectivity index (χ0n) is 12.6. The summed E-state index contributed by atoms with van der Waals surface area (Å²) in [5.41, 5.74) is 3.26. The Kier molecular flexibility index (Phi) is 4.05. The van der Waals surface area contributed by atoms with Crippen molar-refractivity contribution in [2.24, 2.45) is 0 Å². The number of carbonyl (C=O) groups excluding carboxylic acids is 2. The van der Waals surface area contributed by atoms with Crippen molar-refractivity contribution in [1.82, 2.24) is 0 Å². The van der Waals surface area contributed by atoms with Crippen LogP contribution >= 0.6 is 0 Å². The highest BCUT2D eigenvalue weighted by atomic mass is 16.5. The lowest BCUT2D eigenvalue weighted by molar-refractivity contribution is 0.0499. The van der Waals surface area contributed by atoms with Crippen molar-refractivity contribution in [3.63, 3.8) is 0 Å². The quantitative estimate of drug-likeness (QED) is 0.522. The van der Waals surface area contributed by atoms with Crippen LogP contribution < -0.4 is 0 Å². The molecule has 1 aliphatic rings. The molecule has 0 unspecified atom stereocenters. The van der Waals surface area contributed by atoms with E-state index < -0.39 is 0 Å². The summed E-state index contributed by atoms with van der Waals surface area (Å²) >= 11 is 0. The van der Waals surface area contributed by atoms with Gasteiger partial charge in [0, 0.05) is 16.7 Å². The molecule has 2 aromatic carbocycles. The molecule has 0 spiro atoms. The van der Waals surface area contributed by atoms with Gasteiger partial charge in [0.15, 0.2) is 5.78 Å². The van der Waals surface area contributed by atoms with Gasteiger partial charge < -0.3 is 4.74 Å². The highest BCUT2D eigenvalue weighted by molar-refractivity contribution is 6.24. The van der Waals surface area contributed by atoms with Gasteiger partial charge in [-0.3, -0.25) is 4.79 Å². The van der Waals surface area contributed by atoms with E-state index in [1.54, 1.807) is 24.3 Å². The monoisotopic (exact) mass is 294 g/mol. The summed E-state index contributed by atoms with van der Waals surface area (Å²) in [6, 6.07) is 12.6. The molecule has 2 aromatic rings. The zero-order valence-corrected chi connectivity index (χ0v) is 12.6. The van der Waals surface area contributed by atoms with Gasteiger partial charge in [-0.15, -0.1) is 0 Å². The molecule has 0 N–H and O–H groups in total.